The lowest BCUT2D eigenvalue weighted by Gasteiger charge is -2.30. The van der Waals surface area contributed by atoms with Gasteiger partial charge in [-0.3, -0.25) is 0 Å². The number of rotatable bonds is 4. The van der Waals surface area contributed by atoms with Gasteiger partial charge in [0.1, 0.15) is 11.9 Å². The number of nitrogens with zero attached hydrogens (tertiary/aromatic N) is 2. The summed E-state index contributed by atoms with van der Waals surface area (Å²) in [4.78, 5) is 29.1. The van der Waals surface area contributed by atoms with Gasteiger partial charge < -0.3 is 9.47 Å². The third-order valence-electron chi connectivity index (χ3n) is 2.62. The average molecular weight is 266 g/mol. The molecule has 1 heterocycles. The van der Waals surface area contributed by atoms with Gasteiger partial charge in [-0.15, -0.1) is 0 Å². The van der Waals surface area contributed by atoms with Crippen LogP contribution in [0.4, 0.5) is 10.6 Å². The molecule has 1 aromatic heterocycles. The Morgan fingerprint density at radius 3 is 2.32 bits per heavy atom. The largest absolute Gasteiger partial charge is 0.467 e. The molecule has 0 N–H and O–H groups in total. The first-order valence-corrected chi connectivity index (χ1v) is 5.89. The molecule has 0 aliphatic heterocycles. The van der Waals surface area contributed by atoms with Crippen molar-refractivity contribution in [3.8, 4) is 0 Å². The van der Waals surface area contributed by atoms with Crippen molar-refractivity contribution in [2.75, 3.05) is 19.1 Å². The van der Waals surface area contributed by atoms with Crippen LogP contribution in [0, 0.1) is 5.92 Å². The number of esters is 1. The van der Waals surface area contributed by atoms with Crippen LogP contribution < -0.4 is 4.90 Å². The molecule has 1 atom stereocenters. The van der Waals surface area contributed by atoms with Gasteiger partial charge >= 0.3 is 12.1 Å². The van der Waals surface area contributed by atoms with Gasteiger partial charge in [0, 0.05) is 6.20 Å². The SMILES string of the molecule is COC(=O)[C@H](C(C)C)N(C(=O)OC)c1ccccn1. The number of pyridine rings is 1. The monoisotopic (exact) mass is 266 g/mol. The van der Waals surface area contributed by atoms with Gasteiger partial charge in [-0.1, -0.05) is 19.9 Å². The number of hydrogen-bond donors (Lipinski definition) is 0. The zero-order valence-electron chi connectivity index (χ0n) is 11.5. The van der Waals surface area contributed by atoms with E-state index in [4.69, 9.17) is 9.47 Å². The number of methoxy groups -OCH3 is 2. The van der Waals surface area contributed by atoms with Crippen molar-refractivity contribution < 1.29 is 19.1 Å². The molecule has 0 radical (unpaired) electrons. The van der Waals surface area contributed by atoms with Crippen molar-refractivity contribution >= 4 is 17.9 Å². The first kappa shape index (κ1) is 14.9. The number of hydrogen-bond acceptors (Lipinski definition) is 5. The molecule has 1 rings (SSSR count). The van der Waals surface area contributed by atoms with Crippen LogP contribution in [0.15, 0.2) is 24.4 Å². The lowest BCUT2D eigenvalue weighted by molar-refractivity contribution is -0.143. The Kier molecular flexibility index (Phi) is 5.29. The van der Waals surface area contributed by atoms with E-state index in [-0.39, 0.29) is 5.92 Å². The highest BCUT2D eigenvalue weighted by Gasteiger charge is 2.35. The second-order valence-corrected chi connectivity index (χ2v) is 4.24. The lowest BCUT2D eigenvalue weighted by atomic mass is 10.0. The molecule has 104 valence electrons. The summed E-state index contributed by atoms with van der Waals surface area (Å²) >= 11 is 0. The fraction of sp³-hybridized carbons (Fsp3) is 0.462. The van der Waals surface area contributed by atoms with Gasteiger partial charge in [0.2, 0.25) is 0 Å². The third kappa shape index (κ3) is 3.43. The summed E-state index contributed by atoms with van der Waals surface area (Å²) in [6.45, 7) is 3.64. The van der Waals surface area contributed by atoms with Crippen LogP contribution >= 0.6 is 0 Å². The molecule has 0 spiro atoms. The molecule has 6 heteroatoms. The summed E-state index contributed by atoms with van der Waals surface area (Å²) < 4.78 is 9.49. The van der Waals surface area contributed by atoms with Crippen LogP contribution in [0.25, 0.3) is 0 Å². The van der Waals surface area contributed by atoms with Crippen LogP contribution in [-0.4, -0.2) is 37.3 Å². The molecule has 0 bridgehead atoms. The Labute approximate surface area is 112 Å². The second-order valence-electron chi connectivity index (χ2n) is 4.24. The molecule has 0 fully saturated rings. The van der Waals surface area contributed by atoms with E-state index in [0.29, 0.717) is 5.82 Å². The summed E-state index contributed by atoms with van der Waals surface area (Å²) in [5.74, 6) is -0.307. The molecule has 0 saturated carbocycles. The molecular weight excluding hydrogens is 248 g/mol. The Bertz CT molecular complexity index is 434. The van der Waals surface area contributed by atoms with Crippen molar-refractivity contribution in [2.24, 2.45) is 5.92 Å². The molecular formula is C13H18N2O4. The van der Waals surface area contributed by atoms with E-state index in [9.17, 15) is 9.59 Å². The van der Waals surface area contributed by atoms with E-state index in [0.717, 1.165) is 0 Å². The average Bonchev–Trinajstić information content (AvgIpc) is 2.43. The molecule has 0 saturated heterocycles. The van der Waals surface area contributed by atoms with Gasteiger partial charge in [0.05, 0.1) is 14.2 Å². The summed E-state index contributed by atoms with van der Waals surface area (Å²) in [6, 6.07) is 4.30. The number of amides is 1. The predicted molar refractivity (Wildman–Crippen MR) is 69.8 cm³/mol. The van der Waals surface area contributed by atoms with E-state index < -0.39 is 18.1 Å². The van der Waals surface area contributed by atoms with Crippen molar-refractivity contribution in [1.82, 2.24) is 4.98 Å². The molecule has 19 heavy (non-hydrogen) atoms. The zero-order valence-corrected chi connectivity index (χ0v) is 11.5. The minimum atomic E-state index is -0.785. The topological polar surface area (TPSA) is 68.7 Å². The Morgan fingerprint density at radius 2 is 1.89 bits per heavy atom. The number of aromatic nitrogens is 1. The first-order chi connectivity index (χ1) is 9.02. The van der Waals surface area contributed by atoms with Crippen LogP contribution in [0.3, 0.4) is 0 Å². The Morgan fingerprint density at radius 1 is 1.21 bits per heavy atom. The number of carbonyl (C=O) groups is 2. The summed E-state index contributed by atoms with van der Waals surface area (Å²) in [5.41, 5.74) is 0. The van der Waals surface area contributed by atoms with Crippen molar-refractivity contribution in [3.63, 3.8) is 0 Å². The quantitative estimate of drug-likeness (QED) is 0.778. The van der Waals surface area contributed by atoms with Crippen LogP contribution in [-0.2, 0) is 14.3 Å². The second kappa shape index (κ2) is 6.72. The normalized spacial score (nSPS) is 11.8. The van der Waals surface area contributed by atoms with Gasteiger partial charge in [0.25, 0.3) is 0 Å². The van der Waals surface area contributed by atoms with Crippen molar-refractivity contribution in [3.05, 3.63) is 24.4 Å². The smallest absolute Gasteiger partial charge is 0.416 e. The summed E-state index contributed by atoms with van der Waals surface area (Å²) in [5, 5.41) is 0. The number of ether oxygens (including phenoxy) is 2. The van der Waals surface area contributed by atoms with Crippen molar-refractivity contribution in [2.45, 2.75) is 19.9 Å². The maximum absolute atomic E-state index is 11.9. The van der Waals surface area contributed by atoms with Gasteiger partial charge in [-0.25, -0.2) is 19.5 Å². The fourth-order valence-electron chi connectivity index (χ4n) is 1.74. The minimum Gasteiger partial charge on any atom is -0.467 e. The standard InChI is InChI=1S/C13H18N2O4/c1-9(2)11(12(16)18-3)15(13(17)19-4)10-7-5-6-8-14-10/h5-9,11H,1-4H3/t11-/m0/s1. The highest BCUT2D eigenvalue weighted by Crippen LogP contribution is 2.20. The van der Waals surface area contributed by atoms with Gasteiger partial charge in [-0.05, 0) is 18.1 Å². The number of carbonyl (C=O) groups excluding carboxylic acids is 2. The third-order valence-corrected chi connectivity index (χ3v) is 2.62. The fourth-order valence-corrected chi connectivity index (χ4v) is 1.74. The lowest BCUT2D eigenvalue weighted by Crippen LogP contribution is -2.49. The van der Waals surface area contributed by atoms with E-state index >= 15 is 0 Å². The molecule has 1 aromatic rings. The highest BCUT2D eigenvalue weighted by molar-refractivity contribution is 5.94. The molecule has 0 unspecified atom stereocenters. The molecule has 0 aliphatic rings. The van der Waals surface area contributed by atoms with Crippen LogP contribution in [0.5, 0.6) is 0 Å². The van der Waals surface area contributed by atoms with Gasteiger partial charge in [0.15, 0.2) is 0 Å². The summed E-state index contributed by atoms with van der Waals surface area (Å²) in [7, 11) is 2.54. The van der Waals surface area contributed by atoms with E-state index in [2.05, 4.69) is 4.98 Å². The first-order valence-electron chi connectivity index (χ1n) is 5.89. The molecule has 1 amide bonds. The Balaban J connectivity index is 3.22. The summed E-state index contributed by atoms with van der Waals surface area (Å²) in [6.07, 6.45) is 0.891. The molecule has 0 aliphatic carbocycles. The maximum atomic E-state index is 11.9. The van der Waals surface area contributed by atoms with Gasteiger partial charge in [-0.2, -0.15) is 0 Å². The Hall–Kier alpha value is -2.11. The van der Waals surface area contributed by atoms with E-state index in [1.807, 2.05) is 13.8 Å². The van der Waals surface area contributed by atoms with Crippen LogP contribution in [0.2, 0.25) is 0 Å². The van der Waals surface area contributed by atoms with Crippen molar-refractivity contribution in [1.29, 1.82) is 0 Å². The molecule has 6 nitrogen and oxygen atoms in total. The van der Waals surface area contributed by atoms with E-state index in [1.54, 1.807) is 24.4 Å². The predicted octanol–water partition coefficient (Wildman–Crippen LogP) is 1.85. The highest BCUT2D eigenvalue weighted by atomic mass is 16.5. The zero-order chi connectivity index (χ0) is 14.4. The molecule has 0 aromatic carbocycles. The van der Waals surface area contributed by atoms with E-state index in [1.165, 1.54) is 19.1 Å². The van der Waals surface area contributed by atoms with Crippen LogP contribution in [0.1, 0.15) is 13.8 Å². The number of anilines is 1. The minimum absolute atomic E-state index is 0.145. The maximum Gasteiger partial charge on any atom is 0.416 e.